The van der Waals surface area contributed by atoms with E-state index in [0.717, 1.165) is 24.3 Å². The molecule has 0 saturated carbocycles. The molecule has 0 aromatic carbocycles. The molecule has 0 aliphatic rings. The fraction of sp³-hybridized carbons (Fsp3) is 0.200. The molecule has 0 spiro atoms. The summed E-state index contributed by atoms with van der Waals surface area (Å²) in [6, 6.07) is 0. The SMILES string of the molecule is O=C(Cl)/C=C/C(=O)OCCOC(=O)/C=C/C(=O)Cl. The van der Waals surface area contributed by atoms with E-state index in [1.165, 1.54) is 0 Å². The van der Waals surface area contributed by atoms with E-state index in [2.05, 4.69) is 9.47 Å². The number of esters is 2. The minimum Gasteiger partial charge on any atom is -0.459 e. The quantitative estimate of drug-likeness (QED) is 0.297. The number of hydrogen-bond acceptors (Lipinski definition) is 6. The van der Waals surface area contributed by atoms with Crippen molar-refractivity contribution >= 4 is 45.6 Å². The van der Waals surface area contributed by atoms with Crippen LogP contribution in [0.5, 0.6) is 0 Å². The second-order valence-corrected chi connectivity index (χ2v) is 3.35. The summed E-state index contributed by atoms with van der Waals surface area (Å²) in [7, 11) is 0. The third-order valence-electron chi connectivity index (χ3n) is 1.27. The van der Waals surface area contributed by atoms with Gasteiger partial charge in [-0.15, -0.1) is 0 Å². The lowest BCUT2D eigenvalue weighted by Gasteiger charge is -2.02. The van der Waals surface area contributed by atoms with Crippen LogP contribution >= 0.6 is 23.2 Å². The summed E-state index contributed by atoms with van der Waals surface area (Å²) in [6.07, 6.45) is 3.32. The Labute approximate surface area is 112 Å². The maximum absolute atomic E-state index is 10.9. The molecule has 0 N–H and O–H groups in total. The molecule has 98 valence electrons. The van der Waals surface area contributed by atoms with Gasteiger partial charge in [0.05, 0.1) is 0 Å². The van der Waals surface area contributed by atoms with Crippen molar-refractivity contribution in [1.82, 2.24) is 0 Å². The van der Waals surface area contributed by atoms with Crippen LogP contribution in [0.1, 0.15) is 0 Å². The zero-order chi connectivity index (χ0) is 14.0. The molecule has 0 saturated heterocycles. The zero-order valence-corrected chi connectivity index (χ0v) is 10.4. The molecule has 6 nitrogen and oxygen atoms in total. The Balaban J connectivity index is 3.74. The Morgan fingerprint density at radius 3 is 1.33 bits per heavy atom. The molecular formula is C10H8Cl2O6. The van der Waals surface area contributed by atoms with Gasteiger partial charge in [0.2, 0.25) is 10.5 Å². The molecule has 0 bridgehead atoms. The summed E-state index contributed by atoms with van der Waals surface area (Å²) < 4.78 is 9.08. The Bertz CT molecular complexity index is 361. The van der Waals surface area contributed by atoms with Gasteiger partial charge in [-0.25, -0.2) is 9.59 Å². The first-order valence-electron chi connectivity index (χ1n) is 4.50. The first-order valence-corrected chi connectivity index (χ1v) is 5.26. The van der Waals surface area contributed by atoms with Gasteiger partial charge in [0.1, 0.15) is 13.2 Å². The molecule has 0 radical (unpaired) electrons. The largest absolute Gasteiger partial charge is 0.459 e. The molecule has 0 aromatic rings. The molecule has 0 fully saturated rings. The molecular weight excluding hydrogens is 287 g/mol. The third kappa shape index (κ3) is 10.8. The highest BCUT2D eigenvalue weighted by atomic mass is 35.5. The van der Waals surface area contributed by atoms with Gasteiger partial charge in [0.25, 0.3) is 0 Å². The smallest absolute Gasteiger partial charge is 0.331 e. The summed E-state index contributed by atoms with van der Waals surface area (Å²) in [6.45, 7) is -0.401. The number of carbonyl (C=O) groups excluding carboxylic acids is 4. The van der Waals surface area contributed by atoms with Gasteiger partial charge in [0, 0.05) is 24.3 Å². The minimum absolute atomic E-state index is 0.200. The highest BCUT2D eigenvalue weighted by Crippen LogP contribution is 1.89. The van der Waals surface area contributed by atoms with Crippen LogP contribution < -0.4 is 0 Å². The Morgan fingerprint density at radius 1 is 0.722 bits per heavy atom. The molecule has 0 aromatic heterocycles. The van der Waals surface area contributed by atoms with Gasteiger partial charge < -0.3 is 9.47 Å². The van der Waals surface area contributed by atoms with E-state index >= 15 is 0 Å². The van der Waals surface area contributed by atoms with Crippen molar-refractivity contribution in [1.29, 1.82) is 0 Å². The van der Waals surface area contributed by atoms with Crippen LogP contribution in [0.4, 0.5) is 0 Å². The van der Waals surface area contributed by atoms with Crippen LogP contribution in [0.3, 0.4) is 0 Å². The van der Waals surface area contributed by atoms with Gasteiger partial charge in [-0.1, -0.05) is 0 Å². The Kier molecular flexibility index (Phi) is 8.51. The third-order valence-corrected chi connectivity index (χ3v) is 1.52. The molecule has 0 heterocycles. The van der Waals surface area contributed by atoms with Gasteiger partial charge in [-0.2, -0.15) is 0 Å². The highest BCUT2D eigenvalue weighted by Gasteiger charge is 2.01. The van der Waals surface area contributed by atoms with Crippen molar-refractivity contribution in [3.63, 3.8) is 0 Å². The van der Waals surface area contributed by atoms with Crippen LogP contribution in [0.15, 0.2) is 24.3 Å². The monoisotopic (exact) mass is 294 g/mol. The lowest BCUT2D eigenvalue weighted by atomic mass is 10.5. The lowest BCUT2D eigenvalue weighted by Crippen LogP contribution is -2.11. The Hall–Kier alpha value is -1.66. The number of ether oxygens (including phenoxy) is 2. The van der Waals surface area contributed by atoms with Gasteiger partial charge in [0.15, 0.2) is 0 Å². The van der Waals surface area contributed by atoms with Crippen molar-refractivity contribution in [3.05, 3.63) is 24.3 Å². The summed E-state index contributed by atoms with van der Waals surface area (Å²) in [5.41, 5.74) is 0. The van der Waals surface area contributed by atoms with Crippen LogP contribution in [0, 0.1) is 0 Å². The predicted octanol–water partition coefficient (Wildman–Crippen LogP) is 0.716. The summed E-state index contributed by atoms with van der Waals surface area (Å²) in [5.74, 6) is -1.60. The van der Waals surface area contributed by atoms with Crippen molar-refractivity contribution in [2.45, 2.75) is 0 Å². The summed E-state index contributed by atoms with van der Waals surface area (Å²) in [4.78, 5) is 42.2. The van der Waals surface area contributed by atoms with E-state index in [4.69, 9.17) is 23.2 Å². The standard InChI is InChI=1S/C10H8Cl2O6/c11-7(13)1-3-9(15)17-5-6-18-10(16)4-2-8(12)14/h1-4H,5-6H2/b3-1+,4-2+. The first kappa shape index (κ1) is 16.3. The van der Waals surface area contributed by atoms with Crippen molar-refractivity contribution < 1.29 is 28.7 Å². The van der Waals surface area contributed by atoms with E-state index in [9.17, 15) is 19.2 Å². The highest BCUT2D eigenvalue weighted by molar-refractivity contribution is 6.66. The molecule has 18 heavy (non-hydrogen) atoms. The average Bonchev–Trinajstić information content (AvgIpc) is 2.29. The molecule has 0 aliphatic heterocycles. The van der Waals surface area contributed by atoms with Crippen LogP contribution in [0.2, 0.25) is 0 Å². The van der Waals surface area contributed by atoms with Crippen LogP contribution in [0.25, 0.3) is 0 Å². The molecule has 0 unspecified atom stereocenters. The van der Waals surface area contributed by atoms with E-state index in [-0.39, 0.29) is 13.2 Å². The first-order chi connectivity index (χ1) is 8.41. The number of allylic oxidation sites excluding steroid dienone is 2. The maximum atomic E-state index is 10.9. The second kappa shape index (κ2) is 9.38. The molecule has 0 aliphatic carbocycles. The molecule has 0 rings (SSSR count). The van der Waals surface area contributed by atoms with Crippen LogP contribution in [-0.4, -0.2) is 35.6 Å². The maximum Gasteiger partial charge on any atom is 0.331 e. The van der Waals surface area contributed by atoms with Gasteiger partial charge in [-0.05, 0) is 23.2 Å². The van der Waals surface area contributed by atoms with E-state index in [0.29, 0.717) is 0 Å². The van der Waals surface area contributed by atoms with Gasteiger partial charge in [-0.3, -0.25) is 9.59 Å². The molecule has 0 atom stereocenters. The summed E-state index contributed by atoms with van der Waals surface area (Å²) in [5, 5.41) is -1.62. The number of rotatable bonds is 7. The van der Waals surface area contributed by atoms with Crippen molar-refractivity contribution in [2.24, 2.45) is 0 Å². The average molecular weight is 295 g/mol. The minimum atomic E-state index is -0.811. The van der Waals surface area contributed by atoms with E-state index in [1.807, 2.05) is 0 Å². The van der Waals surface area contributed by atoms with Crippen molar-refractivity contribution in [3.8, 4) is 0 Å². The normalized spacial score (nSPS) is 10.6. The van der Waals surface area contributed by atoms with Gasteiger partial charge >= 0.3 is 11.9 Å². The van der Waals surface area contributed by atoms with Crippen molar-refractivity contribution in [2.75, 3.05) is 13.2 Å². The second-order valence-electron chi connectivity index (χ2n) is 2.61. The number of halogens is 2. The zero-order valence-electron chi connectivity index (χ0n) is 8.93. The van der Waals surface area contributed by atoms with Crippen LogP contribution in [-0.2, 0) is 28.7 Å². The number of hydrogen-bond donors (Lipinski definition) is 0. The number of carbonyl (C=O) groups is 4. The fourth-order valence-electron chi connectivity index (χ4n) is 0.648. The van der Waals surface area contributed by atoms with E-state index in [1.54, 1.807) is 0 Å². The topological polar surface area (TPSA) is 86.7 Å². The fourth-order valence-corrected chi connectivity index (χ4v) is 0.774. The predicted molar refractivity (Wildman–Crippen MR) is 61.9 cm³/mol. The Morgan fingerprint density at radius 2 is 1.06 bits per heavy atom. The summed E-state index contributed by atoms with van der Waals surface area (Å²) >= 11 is 9.87. The molecule has 8 heteroatoms. The lowest BCUT2D eigenvalue weighted by molar-refractivity contribution is -0.146. The van der Waals surface area contributed by atoms with E-state index < -0.39 is 22.4 Å². The molecule has 0 amide bonds.